The van der Waals surface area contributed by atoms with Gasteiger partial charge < -0.3 is 10.8 Å². The van der Waals surface area contributed by atoms with Crippen molar-refractivity contribution in [1.29, 1.82) is 0 Å². The first kappa shape index (κ1) is 13.4. The Balaban J connectivity index is 2.76. The minimum Gasteiger partial charge on any atom is -0.481 e. The van der Waals surface area contributed by atoms with Gasteiger partial charge in [0.25, 0.3) is 0 Å². The molecule has 0 spiro atoms. The molecule has 4 heteroatoms. The molecule has 0 radical (unpaired) electrons. The number of hydrogen-bond donors (Lipinski definition) is 2. The monoisotopic (exact) mass is 333 g/mol. The van der Waals surface area contributed by atoms with E-state index < -0.39 is 11.4 Å². The Morgan fingerprint density at radius 2 is 1.94 bits per heavy atom. The lowest BCUT2D eigenvalue weighted by Gasteiger charge is -2.23. The summed E-state index contributed by atoms with van der Waals surface area (Å²) in [4.78, 5) is 11.0. The molecule has 1 aromatic carbocycles. The van der Waals surface area contributed by atoms with Crippen molar-refractivity contribution in [3.63, 3.8) is 0 Å². The van der Waals surface area contributed by atoms with E-state index in [0.717, 1.165) is 9.13 Å². The average molecular weight is 333 g/mol. The summed E-state index contributed by atoms with van der Waals surface area (Å²) in [5, 5.41) is 9.02. The van der Waals surface area contributed by atoms with Crippen LogP contribution in [0.1, 0.15) is 31.9 Å². The van der Waals surface area contributed by atoms with Crippen molar-refractivity contribution in [2.45, 2.75) is 26.3 Å². The highest BCUT2D eigenvalue weighted by molar-refractivity contribution is 14.1. The normalized spacial score (nSPS) is 13.5. The van der Waals surface area contributed by atoms with Crippen LogP contribution in [0.5, 0.6) is 0 Å². The predicted molar refractivity (Wildman–Crippen MR) is 72.1 cm³/mol. The molecule has 0 aliphatic rings. The zero-order valence-electron chi connectivity index (χ0n) is 9.40. The standard InChI is InChI=1S/C12H16INO2/c1-12(2,11(15)16)7-10(14)8-3-5-9(13)6-4-8/h3-6,10H,7,14H2,1-2H3,(H,15,16). The summed E-state index contributed by atoms with van der Waals surface area (Å²) in [5.41, 5.74) is 6.20. The molecule has 16 heavy (non-hydrogen) atoms. The highest BCUT2D eigenvalue weighted by atomic mass is 127. The number of benzene rings is 1. The van der Waals surface area contributed by atoms with Gasteiger partial charge in [0.05, 0.1) is 5.41 Å². The van der Waals surface area contributed by atoms with E-state index in [2.05, 4.69) is 22.6 Å². The number of aliphatic carboxylic acids is 1. The molecule has 0 aliphatic carbocycles. The van der Waals surface area contributed by atoms with E-state index in [1.54, 1.807) is 13.8 Å². The summed E-state index contributed by atoms with van der Waals surface area (Å²) in [6, 6.07) is 7.62. The van der Waals surface area contributed by atoms with E-state index in [4.69, 9.17) is 10.8 Å². The molecule has 1 aromatic rings. The molecule has 0 bridgehead atoms. The summed E-state index contributed by atoms with van der Waals surface area (Å²) in [7, 11) is 0. The minimum atomic E-state index is -0.812. The molecule has 0 saturated carbocycles. The molecule has 88 valence electrons. The second kappa shape index (κ2) is 5.14. The predicted octanol–water partition coefficient (Wildman–Crippen LogP) is 2.79. The molecule has 0 amide bonds. The van der Waals surface area contributed by atoms with Gasteiger partial charge in [0, 0.05) is 9.61 Å². The first-order valence-electron chi connectivity index (χ1n) is 5.07. The zero-order chi connectivity index (χ0) is 12.3. The van der Waals surface area contributed by atoms with E-state index in [1.807, 2.05) is 24.3 Å². The maximum Gasteiger partial charge on any atom is 0.309 e. The zero-order valence-corrected chi connectivity index (χ0v) is 11.6. The Morgan fingerprint density at radius 3 is 2.38 bits per heavy atom. The van der Waals surface area contributed by atoms with Crippen molar-refractivity contribution in [1.82, 2.24) is 0 Å². The summed E-state index contributed by atoms with van der Waals surface area (Å²) in [5.74, 6) is -0.812. The van der Waals surface area contributed by atoms with E-state index in [1.165, 1.54) is 0 Å². The summed E-state index contributed by atoms with van der Waals surface area (Å²) < 4.78 is 1.14. The summed E-state index contributed by atoms with van der Waals surface area (Å²) in [6.45, 7) is 3.39. The van der Waals surface area contributed by atoms with Crippen molar-refractivity contribution in [3.8, 4) is 0 Å². The molecular formula is C12H16INO2. The Morgan fingerprint density at radius 1 is 1.44 bits per heavy atom. The van der Waals surface area contributed by atoms with Crippen LogP contribution in [0.3, 0.4) is 0 Å². The number of carboxylic acids is 1. The van der Waals surface area contributed by atoms with Gasteiger partial charge in [-0.15, -0.1) is 0 Å². The van der Waals surface area contributed by atoms with Crippen LogP contribution in [0.2, 0.25) is 0 Å². The maximum atomic E-state index is 11.0. The van der Waals surface area contributed by atoms with Crippen LogP contribution in [0, 0.1) is 8.99 Å². The number of halogens is 1. The number of nitrogens with two attached hydrogens (primary N) is 1. The van der Waals surface area contributed by atoms with Gasteiger partial charge in [-0.3, -0.25) is 4.79 Å². The Hall–Kier alpha value is -0.620. The number of carbonyl (C=O) groups is 1. The van der Waals surface area contributed by atoms with Gasteiger partial charge >= 0.3 is 5.97 Å². The summed E-state index contributed by atoms with van der Waals surface area (Å²) in [6.07, 6.45) is 0.433. The van der Waals surface area contributed by atoms with E-state index in [-0.39, 0.29) is 6.04 Å². The first-order chi connectivity index (χ1) is 7.33. The van der Waals surface area contributed by atoms with Gasteiger partial charge in [-0.05, 0) is 60.6 Å². The number of hydrogen-bond acceptors (Lipinski definition) is 2. The van der Waals surface area contributed by atoms with Crippen LogP contribution < -0.4 is 5.73 Å². The van der Waals surface area contributed by atoms with Gasteiger partial charge in [-0.2, -0.15) is 0 Å². The Labute approximate surface area is 109 Å². The quantitative estimate of drug-likeness (QED) is 0.833. The van der Waals surface area contributed by atoms with Gasteiger partial charge in [-0.25, -0.2) is 0 Å². The maximum absolute atomic E-state index is 11.0. The van der Waals surface area contributed by atoms with Crippen LogP contribution in [-0.2, 0) is 4.79 Å². The molecule has 1 atom stereocenters. The third-order valence-electron chi connectivity index (χ3n) is 2.61. The third-order valence-corrected chi connectivity index (χ3v) is 3.33. The second-order valence-electron chi connectivity index (χ2n) is 4.55. The molecule has 0 aliphatic heterocycles. The van der Waals surface area contributed by atoms with Gasteiger partial charge in [-0.1, -0.05) is 12.1 Å². The van der Waals surface area contributed by atoms with Crippen LogP contribution in [0.25, 0.3) is 0 Å². The molecular weight excluding hydrogens is 317 g/mol. The highest BCUT2D eigenvalue weighted by Gasteiger charge is 2.29. The number of rotatable bonds is 4. The van der Waals surface area contributed by atoms with E-state index in [0.29, 0.717) is 6.42 Å². The van der Waals surface area contributed by atoms with Crippen molar-refractivity contribution >= 4 is 28.6 Å². The molecule has 1 rings (SSSR count). The smallest absolute Gasteiger partial charge is 0.309 e. The van der Waals surface area contributed by atoms with Gasteiger partial charge in [0.15, 0.2) is 0 Å². The van der Waals surface area contributed by atoms with Gasteiger partial charge in [0.1, 0.15) is 0 Å². The third kappa shape index (κ3) is 3.45. The molecule has 3 nitrogen and oxygen atoms in total. The average Bonchev–Trinajstić information content (AvgIpc) is 2.17. The fourth-order valence-electron chi connectivity index (χ4n) is 1.46. The lowest BCUT2D eigenvalue weighted by molar-refractivity contribution is -0.147. The van der Waals surface area contributed by atoms with Crippen molar-refractivity contribution in [2.24, 2.45) is 11.1 Å². The molecule has 0 fully saturated rings. The number of carboxylic acid groups (broad SMARTS) is 1. The minimum absolute atomic E-state index is 0.233. The molecule has 0 aromatic heterocycles. The second-order valence-corrected chi connectivity index (χ2v) is 5.80. The highest BCUT2D eigenvalue weighted by Crippen LogP contribution is 2.28. The van der Waals surface area contributed by atoms with Gasteiger partial charge in [0.2, 0.25) is 0 Å². The summed E-state index contributed by atoms with van der Waals surface area (Å²) >= 11 is 2.22. The topological polar surface area (TPSA) is 63.3 Å². The molecule has 1 unspecified atom stereocenters. The Kier molecular flexibility index (Phi) is 4.32. The van der Waals surface area contributed by atoms with E-state index in [9.17, 15) is 4.79 Å². The van der Waals surface area contributed by atoms with Crippen LogP contribution in [0.15, 0.2) is 24.3 Å². The Bertz CT molecular complexity index is 373. The van der Waals surface area contributed by atoms with Crippen LogP contribution >= 0.6 is 22.6 Å². The largest absolute Gasteiger partial charge is 0.481 e. The molecule has 0 saturated heterocycles. The van der Waals surface area contributed by atoms with E-state index >= 15 is 0 Å². The molecule has 3 N–H and O–H groups in total. The fraction of sp³-hybridized carbons (Fsp3) is 0.417. The fourth-order valence-corrected chi connectivity index (χ4v) is 1.82. The van der Waals surface area contributed by atoms with Crippen molar-refractivity contribution < 1.29 is 9.90 Å². The molecule has 0 heterocycles. The lowest BCUT2D eigenvalue weighted by Crippen LogP contribution is -2.28. The lowest BCUT2D eigenvalue weighted by atomic mass is 9.84. The first-order valence-corrected chi connectivity index (χ1v) is 6.15. The van der Waals surface area contributed by atoms with Crippen LogP contribution in [-0.4, -0.2) is 11.1 Å². The van der Waals surface area contributed by atoms with Crippen molar-refractivity contribution in [2.75, 3.05) is 0 Å². The SMILES string of the molecule is CC(C)(CC(N)c1ccc(I)cc1)C(=O)O. The van der Waals surface area contributed by atoms with Crippen molar-refractivity contribution in [3.05, 3.63) is 33.4 Å². The van der Waals surface area contributed by atoms with Crippen LogP contribution in [0.4, 0.5) is 0 Å².